The van der Waals surface area contributed by atoms with E-state index in [1.807, 2.05) is 24.3 Å². The summed E-state index contributed by atoms with van der Waals surface area (Å²) in [7, 11) is 0. The van der Waals surface area contributed by atoms with Gasteiger partial charge < -0.3 is 10.1 Å². The maximum absolute atomic E-state index is 6.17. The molecule has 4 heteroatoms. The molecule has 21 heavy (non-hydrogen) atoms. The van der Waals surface area contributed by atoms with Gasteiger partial charge in [-0.1, -0.05) is 53.9 Å². The Morgan fingerprint density at radius 3 is 2.57 bits per heavy atom. The fourth-order valence-corrected chi connectivity index (χ4v) is 2.50. The number of hydrogen-bond donors (Lipinski definition) is 1. The topological polar surface area (TPSA) is 21.3 Å². The minimum atomic E-state index is 0.429. The van der Waals surface area contributed by atoms with E-state index >= 15 is 0 Å². The molecule has 0 fully saturated rings. The summed E-state index contributed by atoms with van der Waals surface area (Å²) in [4.78, 5) is 0. The van der Waals surface area contributed by atoms with Crippen LogP contribution in [0.15, 0.2) is 36.4 Å². The maximum Gasteiger partial charge on any atom is 0.124 e. The van der Waals surface area contributed by atoms with E-state index < -0.39 is 0 Å². The fraction of sp³-hybridized carbons (Fsp3) is 0.294. The molecule has 0 unspecified atom stereocenters. The Bertz CT molecular complexity index is 614. The molecule has 0 saturated heterocycles. The van der Waals surface area contributed by atoms with Crippen LogP contribution in [0, 0.1) is 6.92 Å². The second kappa shape index (κ2) is 7.69. The molecule has 112 valence electrons. The second-order valence-corrected chi connectivity index (χ2v) is 5.76. The van der Waals surface area contributed by atoms with Crippen LogP contribution < -0.4 is 10.1 Å². The Kier molecular flexibility index (Phi) is 5.92. The largest absolute Gasteiger partial charge is 0.489 e. The molecule has 2 rings (SSSR count). The first-order valence-corrected chi connectivity index (χ1v) is 7.72. The summed E-state index contributed by atoms with van der Waals surface area (Å²) in [5, 5.41) is 4.58. The molecule has 2 nitrogen and oxygen atoms in total. The molecular formula is C17H19Cl2NO. The molecule has 2 aromatic rings. The van der Waals surface area contributed by atoms with Gasteiger partial charge in [-0.2, -0.15) is 0 Å². The van der Waals surface area contributed by atoms with Crippen LogP contribution in [0.5, 0.6) is 5.75 Å². The number of rotatable bonds is 6. The van der Waals surface area contributed by atoms with E-state index in [4.69, 9.17) is 27.9 Å². The van der Waals surface area contributed by atoms with Crippen LogP contribution >= 0.6 is 23.2 Å². The first-order chi connectivity index (χ1) is 10.1. The molecule has 0 heterocycles. The summed E-state index contributed by atoms with van der Waals surface area (Å²) in [5.74, 6) is 0.882. The van der Waals surface area contributed by atoms with Gasteiger partial charge in [0.05, 0.1) is 0 Å². The van der Waals surface area contributed by atoms with Crippen LogP contribution in [0.25, 0.3) is 0 Å². The van der Waals surface area contributed by atoms with E-state index in [0.717, 1.165) is 30.0 Å². The molecule has 0 aliphatic heterocycles. The first-order valence-electron chi connectivity index (χ1n) is 6.97. The number of halogens is 2. The maximum atomic E-state index is 6.17. The average Bonchev–Trinajstić information content (AvgIpc) is 2.45. The summed E-state index contributed by atoms with van der Waals surface area (Å²) in [6.07, 6.45) is 0. The van der Waals surface area contributed by atoms with E-state index in [1.165, 1.54) is 5.56 Å². The Balaban J connectivity index is 2.11. The van der Waals surface area contributed by atoms with Crippen molar-refractivity contribution in [3.8, 4) is 5.75 Å². The molecule has 0 amide bonds. The van der Waals surface area contributed by atoms with Gasteiger partial charge in [-0.3, -0.25) is 0 Å². The highest BCUT2D eigenvalue weighted by atomic mass is 35.5. The van der Waals surface area contributed by atoms with E-state index in [1.54, 1.807) is 6.07 Å². The van der Waals surface area contributed by atoms with Crippen LogP contribution in [0.3, 0.4) is 0 Å². The zero-order chi connectivity index (χ0) is 15.2. The molecular weight excluding hydrogens is 305 g/mol. The lowest BCUT2D eigenvalue weighted by Gasteiger charge is -2.13. The lowest BCUT2D eigenvalue weighted by Crippen LogP contribution is -2.13. The van der Waals surface area contributed by atoms with Gasteiger partial charge in [0.1, 0.15) is 12.4 Å². The number of hydrogen-bond acceptors (Lipinski definition) is 2. The van der Waals surface area contributed by atoms with Gasteiger partial charge in [0.2, 0.25) is 0 Å². The third kappa shape index (κ3) is 4.63. The molecule has 0 aliphatic rings. The smallest absolute Gasteiger partial charge is 0.124 e. The molecule has 2 aromatic carbocycles. The Labute approximate surface area is 136 Å². The molecule has 0 aliphatic carbocycles. The predicted molar refractivity (Wildman–Crippen MR) is 89.4 cm³/mol. The molecule has 0 atom stereocenters. The van der Waals surface area contributed by atoms with Crippen LogP contribution in [-0.4, -0.2) is 6.54 Å². The lowest BCUT2D eigenvalue weighted by molar-refractivity contribution is 0.302. The third-order valence-electron chi connectivity index (χ3n) is 3.18. The highest BCUT2D eigenvalue weighted by Crippen LogP contribution is 2.25. The Hall–Kier alpha value is -1.22. The van der Waals surface area contributed by atoms with Gasteiger partial charge in [-0.05, 0) is 31.7 Å². The van der Waals surface area contributed by atoms with Gasteiger partial charge in [0.25, 0.3) is 0 Å². The summed E-state index contributed by atoms with van der Waals surface area (Å²) in [5.41, 5.74) is 3.30. The van der Waals surface area contributed by atoms with Crippen molar-refractivity contribution in [2.24, 2.45) is 0 Å². The van der Waals surface area contributed by atoms with E-state index in [2.05, 4.69) is 25.2 Å². The third-order valence-corrected chi connectivity index (χ3v) is 3.77. The molecule has 0 bridgehead atoms. The van der Waals surface area contributed by atoms with Crippen molar-refractivity contribution >= 4 is 23.2 Å². The van der Waals surface area contributed by atoms with Crippen molar-refractivity contribution in [2.75, 3.05) is 6.54 Å². The van der Waals surface area contributed by atoms with Crippen molar-refractivity contribution in [2.45, 2.75) is 27.0 Å². The van der Waals surface area contributed by atoms with E-state index in [0.29, 0.717) is 16.7 Å². The molecule has 0 spiro atoms. The minimum Gasteiger partial charge on any atom is -0.489 e. The standard InChI is InChI=1S/C17H19Cl2NO/c1-3-20-10-14-8-12(2)4-7-17(14)21-11-13-5-6-15(18)9-16(13)19/h4-9,20H,3,10-11H2,1-2H3. The van der Waals surface area contributed by atoms with Gasteiger partial charge in [0.15, 0.2) is 0 Å². The van der Waals surface area contributed by atoms with Gasteiger partial charge >= 0.3 is 0 Å². The van der Waals surface area contributed by atoms with Crippen LogP contribution in [0.1, 0.15) is 23.6 Å². The second-order valence-electron chi connectivity index (χ2n) is 4.92. The van der Waals surface area contributed by atoms with Crippen LogP contribution in [0.2, 0.25) is 10.0 Å². The zero-order valence-electron chi connectivity index (χ0n) is 12.2. The minimum absolute atomic E-state index is 0.429. The van der Waals surface area contributed by atoms with Crippen molar-refractivity contribution in [1.29, 1.82) is 0 Å². The number of ether oxygens (including phenoxy) is 1. The quantitative estimate of drug-likeness (QED) is 0.808. The van der Waals surface area contributed by atoms with E-state index in [9.17, 15) is 0 Å². The lowest BCUT2D eigenvalue weighted by atomic mass is 10.1. The highest BCUT2D eigenvalue weighted by molar-refractivity contribution is 6.35. The summed E-state index contributed by atoms with van der Waals surface area (Å²) in [6, 6.07) is 11.6. The molecule has 0 aromatic heterocycles. The van der Waals surface area contributed by atoms with Gasteiger partial charge in [-0.15, -0.1) is 0 Å². The Morgan fingerprint density at radius 2 is 1.86 bits per heavy atom. The summed E-state index contributed by atoms with van der Waals surface area (Å²) < 4.78 is 5.93. The van der Waals surface area contributed by atoms with Crippen molar-refractivity contribution < 1.29 is 4.74 Å². The number of benzene rings is 2. The van der Waals surface area contributed by atoms with Crippen molar-refractivity contribution in [1.82, 2.24) is 5.32 Å². The molecule has 0 radical (unpaired) electrons. The monoisotopic (exact) mass is 323 g/mol. The number of nitrogens with one attached hydrogen (secondary N) is 1. The van der Waals surface area contributed by atoms with Crippen molar-refractivity contribution in [3.05, 3.63) is 63.1 Å². The normalized spacial score (nSPS) is 10.7. The summed E-state index contributed by atoms with van der Waals surface area (Å²) in [6.45, 7) is 6.32. The SMILES string of the molecule is CCNCc1cc(C)ccc1OCc1ccc(Cl)cc1Cl. The van der Waals surface area contributed by atoms with Crippen LogP contribution in [-0.2, 0) is 13.2 Å². The fourth-order valence-electron chi connectivity index (χ4n) is 2.04. The van der Waals surface area contributed by atoms with Crippen molar-refractivity contribution in [3.63, 3.8) is 0 Å². The number of aryl methyl sites for hydroxylation is 1. The molecule has 0 saturated carbocycles. The molecule has 1 N–H and O–H groups in total. The van der Waals surface area contributed by atoms with Gasteiger partial charge in [-0.25, -0.2) is 0 Å². The van der Waals surface area contributed by atoms with E-state index in [-0.39, 0.29) is 0 Å². The predicted octanol–water partition coefficient (Wildman–Crippen LogP) is 4.99. The summed E-state index contributed by atoms with van der Waals surface area (Å²) >= 11 is 12.1. The first kappa shape index (κ1) is 16.2. The Morgan fingerprint density at radius 1 is 1.05 bits per heavy atom. The van der Waals surface area contributed by atoms with Crippen LogP contribution in [0.4, 0.5) is 0 Å². The van der Waals surface area contributed by atoms with Gasteiger partial charge in [0, 0.05) is 27.7 Å². The highest BCUT2D eigenvalue weighted by Gasteiger charge is 2.06. The average molecular weight is 324 g/mol. The zero-order valence-corrected chi connectivity index (χ0v) is 13.8.